The second-order valence-electron chi connectivity index (χ2n) is 7.58. The van der Waals surface area contributed by atoms with Crippen LogP contribution in [0.15, 0.2) is 36.4 Å². The molecule has 2 aromatic rings. The number of ether oxygens (including phenoxy) is 2. The molecule has 2 aromatic carbocycles. The number of phenolic OH excluding ortho intramolecular Hbond substituents is 4. The predicted molar refractivity (Wildman–Crippen MR) is 105 cm³/mol. The van der Waals surface area contributed by atoms with Crippen LogP contribution in [0.1, 0.15) is 24.0 Å². The van der Waals surface area contributed by atoms with Crippen LogP contribution in [0, 0.1) is 0 Å². The van der Waals surface area contributed by atoms with E-state index in [-0.39, 0.29) is 42.6 Å². The van der Waals surface area contributed by atoms with Crippen molar-refractivity contribution < 1.29 is 50.0 Å². The molecule has 1 saturated carbocycles. The number of phenols is 4. The number of rotatable bonds is 7. The van der Waals surface area contributed by atoms with Gasteiger partial charge in [-0.15, -0.1) is 0 Å². The van der Waals surface area contributed by atoms with Gasteiger partial charge in [-0.2, -0.15) is 0 Å². The topological polar surface area (TPSA) is 177 Å². The first kappa shape index (κ1) is 22.6. The summed E-state index contributed by atoms with van der Waals surface area (Å²) in [5.74, 6) is -2.80. The first-order valence-electron chi connectivity index (χ1n) is 9.48. The number of carbonyl (C=O) groups is 1. The van der Waals surface area contributed by atoms with Crippen LogP contribution in [0.25, 0.3) is 0 Å². The number of aliphatic hydroxyl groups excluding tert-OH is 1. The van der Waals surface area contributed by atoms with Crippen LogP contribution in [0.2, 0.25) is 0 Å². The van der Waals surface area contributed by atoms with Crippen LogP contribution < -0.4 is 0 Å². The van der Waals surface area contributed by atoms with Crippen molar-refractivity contribution in [1.82, 2.24) is 0 Å². The molecule has 0 radical (unpaired) electrons. The summed E-state index contributed by atoms with van der Waals surface area (Å²) in [6, 6.07) is 8.10. The van der Waals surface area contributed by atoms with Crippen LogP contribution in [0.3, 0.4) is 0 Å². The normalized spacial score (nSPS) is 25.9. The molecule has 1 aliphatic rings. The van der Waals surface area contributed by atoms with E-state index in [4.69, 9.17) is 9.47 Å². The van der Waals surface area contributed by atoms with Gasteiger partial charge in [0.15, 0.2) is 28.6 Å². The second-order valence-corrected chi connectivity index (χ2v) is 7.58. The van der Waals surface area contributed by atoms with Gasteiger partial charge in [-0.25, -0.2) is 4.79 Å². The minimum absolute atomic E-state index is 0.0824. The van der Waals surface area contributed by atoms with E-state index in [9.17, 15) is 40.5 Å². The Bertz CT molecular complexity index is 946. The van der Waals surface area contributed by atoms with Gasteiger partial charge in [0.05, 0.1) is 25.4 Å². The summed E-state index contributed by atoms with van der Waals surface area (Å²) in [4.78, 5) is 11.5. The van der Waals surface area contributed by atoms with Crippen LogP contribution in [0.5, 0.6) is 23.0 Å². The lowest BCUT2D eigenvalue weighted by Gasteiger charge is -2.41. The Morgan fingerprint density at radius 1 is 0.871 bits per heavy atom. The van der Waals surface area contributed by atoms with E-state index in [0.717, 1.165) is 0 Å². The summed E-state index contributed by atoms with van der Waals surface area (Å²) in [7, 11) is 0. The SMILES string of the molecule is O=C(O)[C@@]1(O)C[C@@H](O)[C@H](OCc2ccc(O)c(O)c2)[C@H](OCc2ccc(O)c(O)c2)C1. The summed E-state index contributed by atoms with van der Waals surface area (Å²) in [6.45, 7) is -0.193. The number of hydrogen-bond donors (Lipinski definition) is 7. The lowest BCUT2D eigenvalue weighted by molar-refractivity contribution is -0.207. The van der Waals surface area contributed by atoms with Gasteiger partial charge < -0.3 is 45.2 Å². The van der Waals surface area contributed by atoms with E-state index in [1.165, 1.54) is 36.4 Å². The molecule has 0 aliphatic heterocycles. The highest BCUT2D eigenvalue weighted by Crippen LogP contribution is 2.35. The number of hydrogen-bond acceptors (Lipinski definition) is 9. The van der Waals surface area contributed by atoms with E-state index in [1.54, 1.807) is 0 Å². The fraction of sp³-hybridized carbons (Fsp3) is 0.381. The van der Waals surface area contributed by atoms with Gasteiger partial charge in [0.2, 0.25) is 0 Å². The standard InChI is InChI=1S/C21H24O10/c22-13-3-1-11(5-15(13)24)9-30-18-8-21(29,20(27)28)7-17(26)19(18)31-10-12-2-4-14(23)16(25)6-12/h1-6,17-19,22-26,29H,7-10H2,(H,27,28)/t17-,18-,19+,21-/m1/s1. The number of aromatic hydroxyl groups is 4. The van der Waals surface area contributed by atoms with E-state index in [2.05, 4.69) is 0 Å². The fourth-order valence-electron chi connectivity index (χ4n) is 3.50. The van der Waals surface area contributed by atoms with Gasteiger partial charge in [-0.1, -0.05) is 12.1 Å². The molecule has 0 aromatic heterocycles. The molecule has 1 aliphatic carbocycles. The molecular weight excluding hydrogens is 412 g/mol. The third kappa shape index (κ3) is 5.17. The molecule has 1 fully saturated rings. The van der Waals surface area contributed by atoms with E-state index < -0.39 is 36.3 Å². The van der Waals surface area contributed by atoms with Gasteiger partial charge >= 0.3 is 5.97 Å². The molecule has 0 unspecified atom stereocenters. The summed E-state index contributed by atoms with van der Waals surface area (Å²) < 4.78 is 11.5. The van der Waals surface area contributed by atoms with Crippen molar-refractivity contribution in [2.24, 2.45) is 0 Å². The zero-order chi connectivity index (χ0) is 22.8. The predicted octanol–water partition coefficient (Wildman–Crippen LogP) is 0.950. The monoisotopic (exact) mass is 436 g/mol. The van der Waals surface area contributed by atoms with Gasteiger partial charge in [-0.05, 0) is 35.4 Å². The first-order chi connectivity index (χ1) is 14.6. The van der Waals surface area contributed by atoms with Crippen molar-refractivity contribution in [2.45, 2.75) is 50.0 Å². The van der Waals surface area contributed by atoms with Crippen molar-refractivity contribution in [3.63, 3.8) is 0 Å². The largest absolute Gasteiger partial charge is 0.504 e. The molecule has 7 N–H and O–H groups in total. The van der Waals surface area contributed by atoms with Gasteiger partial charge in [0, 0.05) is 12.8 Å². The smallest absolute Gasteiger partial charge is 0.335 e. The molecule has 168 valence electrons. The molecule has 3 rings (SSSR count). The van der Waals surface area contributed by atoms with Crippen molar-refractivity contribution in [1.29, 1.82) is 0 Å². The molecule has 0 amide bonds. The molecule has 0 heterocycles. The number of carboxylic acid groups (broad SMARTS) is 1. The highest BCUT2D eigenvalue weighted by molar-refractivity contribution is 5.77. The zero-order valence-corrected chi connectivity index (χ0v) is 16.4. The fourth-order valence-corrected chi connectivity index (χ4v) is 3.50. The lowest BCUT2D eigenvalue weighted by atomic mass is 9.79. The number of carboxylic acids is 1. The van der Waals surface area contributed by atoms with E-state index in [1.807, 2.05) is 0 Å². The molecule has 10 nitrogen and oxygen atoms in total. The minimum Gasteiger partial charge on any atom is -0.504 e. The Morgan fingerprint density at radius 2 is 1.39 bits per heavy atom. The Morgan fingerprint density at radius 3 is 1.87 bits per heavy atom. The molecule has 4 atom stereocenters. The molecule has 31 heavy (non-hydrogen) atoms. The van der Waals surface area contributed by atoms with Gasteiger partial charge in [-0.3, -0.25) is 0 Å². The van der Waals surface area contributed by atoms with E-state index in [0.29, 0.717) is 11.1 Å². The summed E-state index contributed by atoms with van der Waals surface area (Å²) >= 11 is 0. The number of aliphatic hydroxyl groups is 2. The van der Waals surface area contributed by atoms with Crippen molar-refractivity contribution in [3.8, 4) is 23.0 Å². The molecule has 10 heteroatoms. The highest BCUT2D eigenvalue weighted by Gasteiger charge is 2.50. The minimum atomic E-state index is -2.21. The molecule has 0 bridgehead atoms. The molecular formula is C21H24O10. The van der Waals surface area contributed by atoms with Crippen molar-refractivity contribution in [3.05, 3.63) is 47.5 Å². The van der Waals surface area contributed by atoms with Crippen molar-refractivity contribution >= 4 is 5.97 Å². The number of aliphatic carboxylic acids is 1. The highest BCUT2D eigenvalue weighted by atomic mass is 16.6. The second kappa shape index (κ2) is 8.98. The summed E-state index contributed by atoms with van der Waals surface area (Å²) in [5, 5.41) is 68.3. The summed E-state index contributed by atoms with van der Waals surface area (Å²) in [6.07, 6.45) is -4.20. The number of benzene rings is 2. The Hall–Kier alpha value is -3.05. The maximum atomic E-state index is 11.5. The third-order valence-corrected chi connectivity index (χ3v) is 5.22. The summed E-state index contributed by atoms with van der Waals surface area (Å²) in [5.41, 5.74) is -1.25. The average Bonchev–Trinajstić information content (AvgIpc) is 2.70. The van der Waals surface area contributed by atoms with Crippen LogP contribution in [-0.4, -0.2) is 65.6 Å². The van der Waals surface area contributed by atoms with Gasteiger partial charge in [0.1, 0.15) is 6.10 Å². The first-order valence-corrected chi connectivity index (χ1v) is 9.48. The Kier molecular flexibility index (Phi) is 6.56. The maximum absolute atomic E-state index is 11.5. The van der Waals surface area contributed by atoms with Crippen LogP contribution in [-0.2, 0) is 27.5 Å². The molecule has 0 saturated heterocycles. The third-order valence-electron chi connectivity index (χ3n) is 5.22. The van der Waals surface area contributed by atoms with Crippen molar-refractivity contribution in [2.75, 3.05) is 0 Å². The molecule has 0 spiro atoms. The van der Waals surface area contributed by atoms with Crippen LogP contribution in [0.4, 0.5) is 0 Å². The van der Waals surface area contributed by atoms with Gasteiger partial charge in [0.25, 0.3) is 0 Å². The Balaban J connectivity index is 1.75. The van der Waals surface area contributed by atoms with Crippen LogP contribution >= 0.6 is 0 Å². The average molecular weight is 436 g/mol. The zero-order valence-electron chi connectivity index (χ0n) is 16.4. The van der Waals surface area contributed by atoms with E-state index >= 15 is 0 Å². The lowest BCUT2D eigenvalue weighted by Crippen LogP contribution is -2.57. The maximum Gasteiger partial charge on any atom is 0.335 e. The Labute approximate surface area is 177 Å². The quantitative estimate of drug-likeness (QED) is 0.309.